The second kappa shape index (κ2) is 9.23. The summed E-state index contributed by atoms with van der Waals surface area (Å²) < 4.78 is 26.4. The van der Waals surface area contributed by atoms with Gasteiger partial charge in [0.2, 0.25) is 5.95 Å². The van der Waals surface area contributed by atoms with Crippen LogP contribution in [0, 0.1) is 18.6 Å². The molecule has 1 heterocycles. The largest absolute Gasteiger partial charge is 0.362 e. The molecular formula is C21H28F2N6O. The first-order valence-corrected chi connectivity index (χ1v) is 10.0. The predicted molar refractivity (Wildman–Crippen MR) is 114 cm³/mol. The first kappa shape index (κ1) is 21.7. The predicted octanol–water partition coefficient (Wildman–Crippen LogP) is 4.02. The Bertz CT molecular complexity index is 899. The summed E-state index contributed by atoms with van der Waals surface area (Å²) in [6, 6.07) is 3.29. The summed E-state index contributed by atoms with van der Waals surface area (Å²) in [5, 5.41) is 6.02. The van der Waals surface area contributed by atoms with Crippen molar-refractivity contribution in [1.82, 2.24) is 14.9 Å². The van der Waals surface area contributed by atoms with Crippen molar-refractivity contribution in [1.29, 1.82) is 0 Å². The van der Waals surface area contributed by atoms with Gasteiger partial charge in [0, 0.05) is 56.7 Å². The summed E-state index contributed by atoms with van der Waals surface area (Å²) >= 11 is 0. The van der Waals surface area contributed by atoms with Crippen LogP contribution in [0.5, 0.6) is 0 Å². The normalized spacial score (nSPS) is 18.6. The number of hydrogen-bond acceptors (Lipinski definition) is 5. The van der Waals surface area contributed by atoms with Gasteiger partial charge in [-0.25, -0.2) is 18.6 Å². The third kappa shape index (κ3) is 5.14. The van der Waals surface area contributed by atoms with Gasteiger partial charge in [-0.15, -0.1) is 0 Å². The molecule has 9 heteroatoms. The number of nitrogens with zero attached hydrogens (tertiary/aromatic N) is 4. The van der Waals surface area contributed by atoms with Crippen molar-refractivity contribution in [3.05, 3.63) is 41.6 Å². The fourth-order valence-corrected chi connectivity index (χ4v) is 3.70. The second-order valence-corrected chi connectivity index (χ2v) is 7.91. The molecule has 0 atom stereocenters. The van der Waals surface area contributed by atoms with E-state index in [1.807, 2.05) is 32.1 Å². The molecular weight excluding hydrogens is 390 g/mol. The zero-order chi connectivity index (χ0) is 21.8. The molecule has 0 spiro atoms. The standard InChI is InChI=1S/C21H28F2N6O/c1-13-12-24-20(27-19(13)28(2)3)25-14-5-8-16(9-6-14)29(4)21(30)26-15-7-10-17(22)18(23)11-15/h7,10-12,14,16H,5-6,8-9H2,1-4H3,(H,26,30)(H,24,25,27). The number of anilines is 3. The number of carbonyl (C=O) groups is 1. The van der Waals surface area contributed by atoms with Gasteiger partial charge in [0.05, 0.1) is 0 Å². The number of aromatic nitrogens is 2. The van der Waals surface area contributed by atoms with Crippen LogP contribution in [0.1, 0.15) is 31.2 Å². The summed E-state index contributed by atoms with van der Waals surface area (Å²) in [6.07, 6.45) is 5.22. The van der Waals surface area contributed by atoms with E-state index in [0.29, 0.717) is 5.95 Å². The summed E-state index contributed by atoms with van der Waals surface area (Å²) in [5.41, 5.74) is 1.25. The number of hydrogen-bond donors (Lipinski definition) is 2. The highest BCUT2D eigenvalue weighted by atomic mass is 19.2. The van der Waals surface area contributed by atoms with Crippen molar-refractivity contribution in [2.24, 2.45) is 0 Å². The third-order valence-electron chi connectivity index (χ3n) is 5.44. The van der Waals surface area contributed by atoms with E-state index in [4.69, 9.17) is 0 Å². The lowest BCUT2D eigenvalue weighted by atomic mass is 9.90. The number of nitrogens with one attached hydrogen (secondary N) is 2. The number of rotatable bonds is 5. The average molecular weight is 418 g/mol. The van der Waals surface area contributed by atoms with Crippen LogP contribution in [0.15, 0.2) is 24.4 Å². The molecule has 3 rings (SSSR count). The quantitative estimate of drug-likeness (QED) is 0.767. The van der Waals surface area contributed by atoms with Gasteiger partial charge in [0.1, 0.15) is 5.82 Å². The molecule has 1 aromatic carbocycles. The molecule has 1 fully saturated rings. The van der Waals surface area contributed by atoms with E-state index < -0.39 is 11.6 Å². The average Bonchev–Trinajstić information content (AvgIpc) is 2.72. The van der Waals surface area contributed by atoms with Crippen LogP contribution < -0.4 is 15.5 Å². The van der Waals surface area contributed by atoms with Gasteiger partial charge in [-0.05, 0) is 44.7 Å². The Hall–Kier alpha value is -2.97. The first-order chi connectivity index (χ1) is 14.2. The van der Waals surface area contributed by atoms with Crippen molar-refractivity contribution in [3.63, 3.8) is 0 Å². The van der Waals surface area contributed by atoms with Gasteiger partial charge >= 0.3 is 6.03 Å². The number of benzene rings is 1. The van der Waals surface area contributed by atoms with Crippen molar-refractivity contribution in [2.45, 2.75) is 44.7 Å². The van der Waals surface area contributed by atoms with Gasteiger partial charge in [-0.1, -0.05) is 0 Å². The topological polar surface area (TPSA) is 73.4 Å². The molecule has 1 aliphatic rings. The molecule has 2 N–H and O–H groups in total. The van der Waals surface area contributed by atoms with E-state index >= 15 is 0 Å². The lowest BCUT2D eigenvalue weighted by Crippen LogP contribution is -2.43. The molecule has 2 amide bonds. The van der Waals surface area contributed by atoms with Crippen LogP contribution in [-0.4, -0.2) is 54.1 Å². The van der Waals surface area contributed by atoms with E-state index in [0.717, 1.165) is 49.2 Å². The smallest absolute Gasteiger partial charge is 0.321 e. The molecule has 1 aliphatic carbocycles. The van der Waals surface area contributed by atoms with Gasteiger partial charge < -0.3 is 20.4 Å². The molecule has 0 bridgehead atoms. The molecule has 0 saturated heterocycles. The van der Waals surface area contributed by atoms with E-state index in [1.54, 1.807) is 11.9 Å². The number of halogens is 2. The Morgan fingerprint density at radius 2 is 1.80 bits per heavy atom. The lowest BCUT2D eigenvalue weighted by Gasteiger charge is -2.35. The van der Waals surface area contributed by atoms with Gasteiger partial charge in [0.15, 0.2) is 11.6 Å². The molecule has 30 heavy (non-hydrogen) atoms. The highest BCUT2D eigenvalue weighted by molar-refractivity contribution is 5.89. The van der Waals surface area contributed by atoms with Gasteiger partial charge in [-0.3, -0.25) is 0 Å². The molecule has 2 aromatic rings. The number of urea groups is 1. The van der Waals surface area contributed by atoms with Crippen LogP contribution in [-0.2, 0) is 0 Å². The minimum Gasteiger partial charge on any atom is -0.362 e. The Labute approximate surface area is 175 Å². The van der Waals surface area contributed by atoms with Crippen molar-refractivity contribution in [3.8, 4) is 0 Å². The van der Waals surface area contributed by atoms with Crippen LogP contribution in [0.2, 0.25) is 0 Å². The van der Waals surface area contributed by atoms with Crippen molar-refractivity contribution < 1.29 is 13.6 Å². The first-order valence-electron chi connectivity index (χ1n) is 10.0. The fourth-order valence-electron chi connectivity index (χ4n) is 3.70. The number of amides is 2. The maximum atomic E-state index is 13.3. The maximum Gasteiger partial charge on any atom is 0.321 e. The molecule has 1 saturated carbocycles. The van der Waals surface area contributed by atoms with Crippen molar-refractivity contribution in [2.75, 3.05) is 36.7 Å². The van der Waals surface area contributed by atoms with Crippen LogP contribution in [0.25, 0.3) is 0 Å². The Balaban J connectivity index is 1.52. The van der Waals surface area contributed by atoms with Crippen LogP contribution >= 0.6 is 0 Å². The zero-order valence-corrected chi connectivity index (χ0v) is 17.7. The summed E-state index contributed by atoms with van der Waals surface area (Å²) in [6.45, 7) is 1.98. The SMILES string of the molecule is Cc1cnc(NC2CCC(N(C)C(=O)Nc3ccc(F)c(F)c3)CC2)nc1N(C)C. The van der Waals surface area contributed by atoms with E-state index in [1.165, 1.54) is 6.07 Å². The van der Waals surface area contributed by atoms with Crippen LogP contribution in [0.3, 0.4) is 0 Å². The van der Waals surface area contributed by atoms with E-state index in [2.05, 4.69) is 20.6 Å². The highest BCUT2D eigenvalue weighted by Crippen LogP contribution is 2.26. The van der Waals surface area contributed by atoms with Crippen LogP contribution in [0.4, 0.5) is 31.0 Å². The fraction of sp³-hybridized carbons (Fsp3) is 0.476. The van der Waals surface area contributed by atoms with Gasteiger partial charge in [-0.2, -0.15) is 4.98 Å². The van der Waals surface area contributed by atoms with E-state index in [9.17, 15) is 13.6 Å². The maximum absolute atomic E-state index is 13.3. The molecule has 162 valence electrons. The zero-order valence-electron chi connectivity index (χ0n) is 17.7. The number of carbonyl (C=O) groups excluding carboxylic acids is 1. The molecule has 0 aliphatic heterocycles. The Morgan fingerprint density at radius 3 is 2.43 bits per heavy atom. The minimum atomic E-state index is -0.988. The molecule has 0 unspecified atom stereocenters. The molecule has 0 radical (unpaired) electrons. The Morgan fingerprint density at radius 1 is 1.10 bits per heavy atom. The highest BCUT2D eigenvalue weighted by Gasteiger charge is 2.27. The number of aryl methyl sites for hydroxylation is 1. The van der Waals surface area contributed by atoms with E-state index in [-0.39, 0.29) is 23.8 Å². The second-order valence-electron chi connectivity index (χ2n) is 7.91. The van der Waals surface area contributed by atoms with Crippen molar-refractivity contribution >= 4 is 23.5 Å². The molecule has 7 nitrogen and oxygen atoms in total. The monoisotopic (exact) mass is 418 g/mol. The third-order valence-corrected chi connectivity index (χ3v) is 5.44. The summed E-state index contributed by atoms with van der Waals surface area (Å²) in [7, 11) is 5.62. The minimum absolute atomic E-state index is 0.0737. The Kier molecular flexibility index (Phi) is 6.69. The summed E-state index contributed by atoms with van der Waals surface area (Å²) in [4.78, 5) is 25.0. The summed E-state index contributed by atoms with van der Waals surface area (Å²) in [5.74, 6) is -0.438. The lowest BCUT2D eigenvalue weighted by molar-refractivity contribution is 0.183. The van der Waals surface area contributed by atoms with Gasteiger partial charge in [0.25, 0.3) is 0 Å². The molecule has 1 aromatic heterocycles.